The van der Waals surface area contributed by atoms with Crippen molar-refractivity contribution in [3.05, 3.63) is 60.3 Å². The van der Waals surface area contributed by atoms with Gasteiger partial charge in [-0.05, 0) is 31.2 Å². The molecule has 0 saturated heterocycles. The van der Waals surface area contributed by atoms with E-state index < -0.39 is 12.1 Å². The molecule has 0 fully saturated rings. The fourth-order valence-corrected chi connectivity index (χ4v) is 1.94. The Labute approximate surface area is 126 Å². The minimum atomic E-state index is -0.595. The van der Waals surface area contributed by atoms with Crippen LogP contribution in [0, 0.1) is 6.92 Å². The summed E-state index contributed by atoms with van der Waals surface area (Å²) < 4.78 is 12.4. The number of hydrogen-bond acceptors (Lipinski definition) is 6. The van der Waals surface area contributed by atoms with Crippen molar-refractivity contribution in [2.75, 3.05) is 0 Å². The van der Waals surface area contributed by atoms with Gasteiger partial charge in [-0.1, -0.05) is 0 Å². The Morgan fingerprint density at radius 1 is 1.27 bits per heavy atom. The summed E-state index contributed by atoms with van der Waals surface area (Å²) in [5, 5.41) is 7.55. The zero-order valence-electron chi connectivity index (χ0n) is 12.1. The van der Waals surface area contributed by atoms with Gasteiger partial charge in [0.05, 0.1) is 11.9 Å². The van der Waals surface area contributed by atoms with E-state index in [0.29, 0.717) is 11.5 Å². The van der Waals surface area contributed by atoms with Crippen LogP contribution >= 0.6 is 0 Å². The zero-order chi connectivity index (χ0) is 15.5. The van der Waals surface area contributed by atoms with Crippen molar-refractivity contribution in [1.82, 2.24) is 19.7 Å². The van der Waals surface area contributed by atoms with Crippen LogP contribution < -0.4 is 0 Å². The molecule has 1 aromatic carbocycles. The minimum absolute atomic E-state index is 0.279. The molecule has 0 aliphatic rings. The van der Waals surface area contributed by atoms with Crippen molar-refractivity contribution < 1.29 is 13.9 Å². The van der Waals surface area contributed by atoms with E-state index in [1.807, 2.05) is 22.9 Å². The van der Waals surface area contributed by atoms with E-state index in [0.717, 1.165) is 5.69 Å². The van der Waals surface area contributed by atoms with Crippen LogP contribution in [0.1, 0.15) is 35.2 Å². The summed E-state index contributed by atoms with van der Waals surface area (Å²) in [5.41, 5.74) is 1.36. The van der Waals surface area contributed by atoms with Crippen LogP contribution in [0.15, 0.2) is 47.4 Å². The maximum absolute atomic E-state index is 12.1. The van der Waals surface area contributed by atoms with Crippen molar-refractivity contribution in [1.29, 1.82) is 0 Å². The predicted molar refractivity (Wildman–Crippen MR) is 76.4 cm³/mol. The molecule has 0 radical (unpaired) electrons. The summed E-state index contributed by atoms with van der Waals surface area (Å²) in [5.74, 6) is 0.268. The fourth-order valence-electron chi connectivity index (χ4n) is 1.94. The first kappa shape index (κ1) is 14.0. The van der Waals surface area contributed by atoms with Crippen LogP contribution in [0.25, 0.3) is 5.69 Å². The maximum Gasteiger partial charge on any atom is 0.338 e. The highest BCUT2D eigenvalue weighted by molar-refractivity contribution is 5.89. The second kappa shape index (κ2) is 5.80. The third-order valence-electron chi connectivity index (χ3n) is 3.08. The summed E-state index contributed by atoms with van der Waals surface area (Å²) in [7, 11) is 0. The third-order valence-corrected chi connectivity index (χ3v) is 3.08. The lowest BCUT2D eigenvalue weighted by Gasteiger charge is -2.10. The number of ether oxygens (including phenoxy) is 1. The molecule has 0 N–H and O–H groups in total. The number of esters is 1. The van der Waals surface area contributed by atoms with Gasteiger partial charge in [-0.25, -0.2) is 9.78 Å². The number of hydrogen-bond donors (Lipinski definition) is 0. The second-order valence-electron chi connectivity index (χ2n) is 4.72. The van der Waals surface area contributed by atoms with Crippen molar-refractivity contribution in [3.63, 3.8) is 0 Å². The van der Waals surface area contributed by atoms with Crippen molar-refractivity contribution in [2.24, 2.45) is 0 Å². The van der Waals surface area contributed by atoms with E-state index in [-0.39, 0.29) is 5.89 Å². The van der Waals surface area contributed by atoms with Gasteiger partial charge in [-0.15, -0.1) is 10.2 Å². The van der Waals surface area contributed by atoms with Gasteiger partial charge in [0.2, 0.25) is 5.89 Å². The van der Waals surface area contributed by atoms with E-state index in [1.165, 1.54) is 0 Å². The van der Waals surface area contributed by atoms with E-state index in [2.05, 4.69) is 15.2 Å². The molecule has 1 unspecified atom stereocenters. The number of carbonyl (C=O) groups excluding carboxylic acids is 1. The number of nitrogens with zero attached hydrogens (tertiary/aromatic N) is 4. The van der Waals surface area contributed by atoms with Gasteiger partial charge in [0.1, 0.15) is 0 Å². The van der Waals surface area contributed by atoms with Crippen molar-refractivity contribution in [3.8, 4) is 5.69 Å². The largest absolute Gasteiger partial charge is 0.449 e. The van der Waals surface area contributed by atoms with Gasteiger partial charge < -0.3 is 13.7 Å². The van der Waals surface area contributed by atoms with Crippen LogP contribution in [0.2, 0.25) is 0 Å². The number of carbonyl (C=O) groups is 1. The Bertz CT molecular complexity index is 762. The maximum atomic E-state index is 12.1. The summed E-state index contributed by atoms with van der Waals surface area (Å²) in [6, 6.07) is 7.03. The molecule has 3 rings (SSSR count). The van der Waals surface area contributed by atoms with E-state index in [9.17, 15) is 4.79 Å². The van der Waals surface area contributed by atoms with E-state index >= 15 is 0 Å². The van der Waals surface area contributed by atoms with Crippen molar-refractivity contribution in [2.45, 2.75) is 20.0 Å². The first-order valence-corrected chi connectivity index (χ1v) is 6.73. The Balaban J connectivity index is 1.70. The highest BCUT2D eigenvalue weighted by atomic mass is 16.6. The summed E-state index contributed by atoms with van der Waals surface area (Å²) in [4.78, 5) is 16.1. The first-order chi connectivity index (χ1) is 10.6. The van der Waals surface area contributed by atoms with Crippen LogP contribution in [0.5, 0.6) is 0 Å². The van der Waals surface area contributed by atoms with Crippen LogP contribution in [0.3, 0.4) is 0 Å². The molecule has 2 aromatic heterocycles. The standard InChI is InChI=1S/C15H14N4O3/c1-10(14-18-17-11(2)22-14)21-15(20)12-3-5-13(6-4-12)19-8-7-16-9-19/h3-10H,1-2H3. The van der Waals surface area contributed by atoms with Crippen LogP contribution in [-0.4, -0.2) is 25.7 Å². The van der Waals surface area contributed by atoms with Crippen molar-refractivity contribution >= 4 is 5.97 Å². The Morgan fingerprint density at radius 2 is 2.05 bits per heavy atom. The normalized spacial score (nSPS) is 12.1. The molecule has 0 saturated carbocycles. The highest BCUT2D eigenvalue weighted by Crippen LogP contribution is 2.18. The van der Waals surface area contributed by atoms with Crippen LogP contribution in [-0.2, 0) is 4.74 Å². The molecule has 0 spiro atoms. The highest BCUT2D eigenvalue weighted by Gasteiger charge is 2.18. The second-order valence-corrected chi connectivity index (χ2v) is 4.72. The fraction of sp³-hybridized carbons (Fsp3) is 0.200. The Hall–Kier alpha value is -2.96. The Kier molecular flexibility index (Phi) is 3.69. The number of aromatic nitrogens is 4. The van der Waals surface area contributed by atoms with Crippen LogP contribution in [0.4, 0.5) is 0 Å². The molecule has 3 aromatic rings. The van der Waals surface area contributed by atoms with Gasteiger partial charge >= 0.3 is 5.97 Å². The quantitative estimate of drug-likeness (QED) is 0.688. The average molecular weight is 298 g/mol. The molecular formula is C15H14N4O3. The SMILES string of the molecule is Cc1nnc(C(C)OC(=O)c2ccc(-n3ccnc3)cc2)o1. The predicted octanol–water partition coefficient (Wildman–Crippen LogP) is 2.48. The third kappa shape index (κ3) is 2.88. The number of rotatable bonds is 4. The lowest BCUT2D eigenvalue weighted by atomic mass is 10.2. The van der Waals surface area contributed by atoms with E-state index in [1.54, 1.807) is 38.5 Å². The molecule has 22 heavy (non-hydrogen) atoms. The summed E-state index contributed by atoms with van der Waals surface area (Å²) in [6.45, 7) is 3.37. The van der Waals surface area contributed by atoms with E-state index in [4.69, 9.17) is 9.15 Å². The van der Waals surface area contributed by atoms with Gasteiger partial charge in [0, 0.05) is 25.0 Å². The lowest BCUT2D eigenvalue weighted by molar-refractivity contribution is 0.0277. The molecule has 1 atom stereocenters. The Morgan fingerprint density at radius 3 is 2.64 bits per heavy atom. The monoisotopic (exact) mass is 298 g/mol. The smallest absolute Gasteiger partial charge is 0.338 e. The van der Waals surface area contributed by atoms with Gasteiger partial charge in [0.15, 0.2) is 6.10 Å². The number of imidazole rings is 1. The van der Waals surface area contributed by atoms with Gasteiger partial charge in [-0.3, -0.25) is 0 Å². The topological polar surface area (TPSA) is 83.0 Å². The molecule has 0 amide bonds. The molecule has 0 aliphatic heterocycles. The molecule has 2 heterocycles. The van der Waals surface area contributed by atoms with Gasteiger partial charge in [-0.2, -0.15) is 0 Å². The molecule has 112 valence electrons. The molecular weight excluding hydrogens is 284 g/mol. The molecule has 0 aliphatic carbocycles. The summed E-state index contributed by atoms with van der Waals surface area (Å²) >= 11 is 0. The zero-order valence-corrected chi connectivity index (χ0v) is 12.1. The number of benzene rings is 1. The minimum Gasteiger partial charge on any atom is -0.449 e. The molecule has 0 bridgehead atoms. The first-order valence-electron chi connectivity index (χ1n) is 6.73. The van der Waals surface area contributed by atoms with Gasteiger partial charge in [0.25, 0.3) is 5.89 Å². The lowest BCUT2D eigenvalue weighted by Crippen LogP contribution is -2.09. The summed E-state index contributed by atoms with van der Waals surface area (Å²) in [6.07, 6.45) is 4.61. The molecule has 7 nitrogen and oxygen atoms in total. The average Bonchev–Trinajstić information content (AvgIpc) is 3.18. The number of aryl methyl sites for hydroxylation is 1. The molecule has 7 heteroatoms.